The molecule has 1 fully saturated rings. The lowest BCUT2D eigenvalue weighted by atomic mass is 10.2. The first-order valence-corrected chi connectivity index (χ1v) is 9.11. The van der Waals surface area contributed by atoms with Crippen LogP contribution in [-0.4, -0.2) is 64.0 Å². The zero-order valence-corrected chi connectivity index (χ0v) is 15.1. The lowest BCUT2D eigenvalue weighted by molar-refractivity contribution is 0.0378. The van der Waals surface area contributed by atoms with E-state index in [1.165, 1.54) is 5.56 Å². The maximum absolute atomic E-state index is 5.39. The van der Waals surface area contributed by atoms with Gasteiger partial charge in [0.05, 0.1) is 30.5 Å². The van der Waals surface area contributed by atoms with Crippen LogP contribution in [0.3, 0.4) is 0 Å². The number of fused-ring (bicyclic) bond motifs is 1. The van der Waals surface area contributed by atoms with Crippen LogP contribution in [0.25, 0.3) is 16.7 Å². The summed E-state index contributed by atoms with van der Waals surface area (Å²) in [7, 11) is 0. The zero-order chi connectivity index (χ0) is 17.8. The second-order valence-corrected chi connectivity index (χ2v) is 6.59. The van der Waals surface area contributed by atoms with E-state index in [0.29, 0.717) is 0 Å². The first kappa shape index (κ1) is 16.9. The van der Waals surface area contributed by atoms with E-state index in [1.807, 2.05) is 23.0 Å². The summed E-state index contributed by atoms with van der Waals surface area (Å²) in [6, 6.07) is 8.25. The van der Waals surface area contributed by atoms with Gasteiger partial charge in [-0.1, -0.05) is 12.1 Å². The highest BCUT2D eigenvalue weighted by Gasteiger charge is 2.12. The molecule has 0 saturated carbocycles. The van der Waals surface area contributed by atoms with Crippen LogP contribution >= 0.6 is 0 Å². The van der Waals surface area contributed by atoms with E-state index in [-0.39, 0.29) is 0 Å². The number of ether oxygens (including phenoxy) is 1. The number of aromatic nitrogens is 4. The van der Waals surface area contributed by atoms with Gasteiger partial charge >= 0.3 is 0 Å². The quantitative estimate of drug-likeness (QED) is 0.687. The summed E-state index contributed by atoms with van der Waals surface area (Å²) in [5, 5.41) is 8.91. The summed E-state index contributed by atoms with van der Waals surface area (Å²) in [6.45, 7) is 7.77. The predicted octanol–water partition coefficient (Wildman–Crippen LogP) is 2.26. The molecule has 3 aromatic rings. The second kappa shape index (κ2) is 7.80. The number of aryl methyl sites for hydroxylation is 1. The molecule has 0 bridgehead atoms. The van der Waals surface area contributed by atoms with Crippen molar-refractivity contribution < 1.29 is 4.74 Å². The molecule has 0 amide bonds. The number of hydrogen-bond acceptors (Lipinski definition) is 6. The fourth-order valence-electron chi connectivity index (χ4n) is 3.27. The normalized spacial score (nSPS) is 15.4. The molecule has 26 heavy (non-hydrogen) atoms. The molecule has 1 aliphatic heterocycles. The van der Waals surface area contributed by atoms with Crippen LogP contribution in [-0.2, 0) is 4.74 Å². The van der Waals surface area contributed by atoms with Crippen LogP contribution in [0.2, 0.25) is 0 Å². The van der Waals surface area contributed by atoms with E-state index in [1.54, 1.807) is 6.33 Å². The highest BCUT2D eigenvalue weighted by molar-refractivity contribution is 5.87. The molecule has 0 unspecified atom stereocenters. The minimum atomic E-state index is 0.821. The van der Waals surface area contributed by atoms with Gasteiger partial charge in [-0.05, 0) is 37.6 Å². The van der Waals surface area contributed by atoms with Crippen molar-refractivity contribution in [3.63, 3.8) is 0 Å². The van der Waals surface area contributed by atoms with Crippen molar-refractivity contribution in [2.75, 3.05) is 44.7 Å². The van der Waals surface area contributed by atoms with E-state index >= 15 is 0 Å². The Morgan fingerprint density at radius 1 is 1.19 bits per heavy atom. The van der Waals surface area contributed by atoms with Gasteiger partial charge in [0.2, 0.25) is 0 Å². The van der Waals surface area contributed by atoms with E-state index < -0.39 is 0 Å². The van der Waals surface area contributed by atoms with Gasteiger partial charge in [0, 0.05) is 19.6 Å². The maximum Gasteiger partial charge on any atom is 0.168 e. The molecule has 136 valence electrons. The molecule has 3 heterocycles. The third-order valence-corrected chi connectivity index (χ3v) is 4.66. The third-order valence-electron chi connectivity index (χ3n) is 4.66. The molecule has 7 nitrogen and oxygen atoms in total. The van der Waals surface area contributed by atoms with Crippen molar-refractivity contribution in [2.45, 2.75) is 13.3 Å². The number of anilines is 1. The number of nitrogens with one attached hydrogen (secondary N) is 1. The standard InChI is InChI=1S/C19H24N6O/c1-15-4-2-5-16(12-15)25-19-17(13-23-25)18(21-14-22-19)20-6-3-7-24-8-10-26-11-9-24/h2,4-5,12-14H,3,6-11H2,1H3,(H,20,21,22). The van der Waals surface area contributed by atoms with Crippen molar-refractivity contribution in [1.82, 2.24) is 24.6 Å². The van der Waals surface area contributed by atoms with Crippen LogP contribution in [0, 0.1) is 6.92 Å². The first-order chi connectivity index (χ1) is 12.8. The van der Waals surface area contributed by atoms with Crippen LogP contribution in [0.4, 0.5) is 5.82 Å². The molecule has 0 spiro atoms. The molecule has 0 atom stereocenters. The van der Waals surface area contributed by atoms with Crippen molar-refractivity contribution in [2.24, 2.45) is 0 Å². The summed E-state index contributed by atoms with van der Waals surface area (Å²) in [5.41, 5.74) is 3.03. The minimum Gasteiger partial charge on any atom is -0.379 e. The van der Waals surface area contributed by atoms with Crippen molar-refractivity contribution in [3.8, 4) is 5.69 Å². The zero-order valence-electron chi connectivity index (χ0n) is 15.1. The smallest absolute Gasteiger partial charge is 0.168 e. The molecule has 1 N–H and O–H groups in total. The molecular formula is C19H24N6O. The second-order valence-electron chi connectivity index (χ2n) is 6.59. The summed E-state index contributed by atoms with van der Waals surface area (Å²) >= 11 is 0. The lowest BCUT2D eigenvalue weighted by Gasteiger charge is -2.26. The molecule has 1 aromatic carbocycles. The number of hydrogen-bond donors (Lipinski definition) is 1. The molecule has 1 saturated heterocycles. The van der Waals surface area contributed by atoms with E-state index in [9.17, 15) is 0 Å². The summed E-state index contributed by atoms with van der Waals surface area (Å²) in [5.74, 6) is 0.843. The first-order valence-electron chi connectivity index (χ1n) is 9.11. The number of rotatable bonds is 6. The average molecular weight is 352 g/mol. The van der Waals surface area contributed by atoms with E-state index in [2.05, 4.69) is 44.3 Å². The summed E-state index contributed by atoms with van der Waals surface area (Å²) in [6.07, 6.45) is 4.50. The Kier molecular flexibility index (Phi) is 5.08. The minimum absolute atomic E-state index is 0.821. The Balaban J connectivity index is 1.45. The van der Waals surface area contributed by atoms with Gasteiger partial charge in [-0.2, -0.15) is 5.10 Å². The largest absolute Gasteiger partial charge is 0.379 e. The SMILES string of the molecule is Cc1cccc(-n2ncc3c(NCCCN4CCOCC4)ncnc32)c1. The topological polar surface area (TPSA) is 68.1 Å². The van der Waals surface area contributed by atoms with Gasteiger partial charge in [0.25, 0.3) is 0 Å². The van der Waals surface area contributed by atoms with Crippen molar-refractivity contribution in [3.05, 3.63) is 42.4 Å². The van der Waals surface area contributed by atoms with Crippen LogP contribution in [0.5, 0.6) is 0 Å². The van der Waals surface area contributed by atoms with Crippen LogP contribution < -0.4 is 5.32 Å². The molecule has 0 aliphatic carbocycles. The van der Waals surface area contributed by atoms with Crippen LogP contribution in [0.15, 0.2) is 36.8 Å². The van der Waals surface area contributed by atoms with Crippen molar-refractivity contribution >= 4 is 16.9 Å². The van der Waals surface area contributed by atoms with Gasteiger partial charge < -0.3 is 10.1 Å². The van der Waals surface area contributed by atoms with Gasteiger partial charge in [-0.3, -0.25) is 4.90 Å². The van der Waals surface area contributed by atoms with E-state index in [4.69, 9.17) is 4.74 Å². The monoisotopic (exact) mass is 352 g/mol. The third kappa shape index (κ3) is 3.68. The van der Waals surface area contributed by atoms with Gasteiger partial charge in [0.15, 0.2) is 5.65 Å². The summed E-state index contributed by atoms with van der Waals surface area (Å²) in [4.78, 5) is 11.3. The number of nitrogens with zero attached hydrogens (tertiary/aromatic N) is 5. The lowest BCUT2D eigenvalue weighted by Crippen LogP contribution is -2.37. The Morgan fingerprint density at radius 3 is 2.92 bits per heavy atom. The highest BCUT2D eigenvalue weighted by atomic mass is 16.5. The van der Waals surface area contributed by atoms with Gasteiger partial charge in [0.1, 0.15) is 12.1 Å². The molecule has 4 rings (SSSR count). The Bertz CT molecular complexity index is 871. The van der Waals surface area contributed by atoms with E-state index in [0.717, 1.165) is 68.4 Å². The number of morpholine rings is 1. The Hall–Kier alpha value is -2.51. The summed E-state index contributed by atoms with van der Waals surface area (Å²) < 4.78 is 7.25. The highest BCUT2D eigenvalue weighted by Crippen LogP contribution is 2.21. The molecule has 7 heteroatoms. The average Bonchev–Trinajstić information content (AvgIpc) is 3.11. The fourth-order valence-corrected chi connectivity index (χ4v) is 3.27. The maximum atomic E-state index is 5.39. The molecular weight excluding hydrogens is 328 g/mol. The van der Waals surface area contributed by atoms with Gasteiger partial charge in [-0.15, -0.1) is 0 Å². The number of benzene rings is 1. The fraction of sp³-hybridized carbons (Fsp3) is 0.421. The van der Waals surface area contributed by atoms with Gasteiger partial charge in [-0.25, -0.2) is 14.6 Å². The Labute approximate surface area is 153 Å². The Morgan fingerprint density at radius 2 is 2.08 bits per heavy atom. The molecule has 0 radical (unpaired) electrons. The van der Waals surface area contributed by atoms with Crippen molar-refractivity contribution in [1.29, 1.82) is 0 Å². The van der Waals surface area contributed by atoms with Crippen LogP contribution in [0.1, 0.15) is 12.0 Å². The molecule has 2 aromatic heterocycles. The predicted molar refractivity (Wildman–Crippen MR) is 102 cm³/mol. The molecule has 1 aliphatic rings.